The van der Waals surface area contributed by atoms with Crippen molar-refractivity contribution in [2.45, 2.75) is 13.5 Å². The van der Waals surface area contributed by atoms with Crippen LogP contribution in [0.15, 0.2) is 30.5 Å². The Morgan fingerprint density at radius 3 is 2.46 bits per heavy atom. The summed E-state index contributed by atoms with van der Waals surface area (Å²) in [6.07, 6.45) is 0.948. The summed E-state index contributed by atoms with van der Waals surface area (Å²) in [4.78, 5) is 44.8. The van der Waals surface area contributed by atoms with Crippen LogP contribution in [-0.4, -0.2) is 39.1 Å². The zero-order chi connectivity index (χ0) is 19.3. The maximum Gasteiger partial charge on any atom is 0.338 e. The van der Waals surface area contributed by atoms with Gasteiger partial charge < -0.3 is 15.8 Å². The average molecular weight is 361 g/mol. The average Bonchev–Trinajstić information content (AvgIpc) is 3.00. The molecule has 0 unspecified atom stereocenters. The second-order valence-corrected chi connectivity index (χ2v) is 5.03. The maximum atomic E-state index is 12.0. The predicted octanol–water partition coefficient (Wildman–Crippen LogP) is 0.706. The normalized spacial score (nSPS) is 10.2. The van der Waals surface area contributed by atoms with E-state index in [4.69, 9.17) is 10.5 Å². The van der Waals surface area contributed by atoms with Gasteiger partial charge in [0.15, 0.2) is 0 Å². The van der Waals surface area contributed by atoms with Crippen molar-refractivity contribution in [3.8, 4) is 0 Å². The van der Waals surface area contributed by atoms with Crippen molar-refractivity contribution < 1.29 is 24.0 Å². The van der Waals surface area contributed by atoms with E-state index in [-0.39, 0.29) is 13.2 Å². The number of nitrogens with one attached hydrogen (secondary N) is 1. The molecule has 2 amide bonds. The molecule has 3 N–H and O–H groups in total. The summed E-state index contributed by atoms with van der Waals surface area (Å²) in [7, 11) is 0. The number of aromatic nitrogens is 2. The number of carbonyl (C=O) groups is 3. The van der Waals surface area contributed by atoms with Gasteiger partial charge in [-0.3, -0.25) is 24.4 Å². The number of amides is 2. The Hall–Kier alpha value is -3.76. The van der Waals surface area contributed by atoms with Crippen molar-refractivity contribution in [1.29, 1.82) is 0 Å². The minimum atomic E-state index is -1.06. The van der Waals surface area contributed by atoms with Gasteiger partial charge in [0.1, 0.15) is 12.7 Å². The van der Waals surface area contributed by atoms with E-state index in [0.717, 1.165) is 10.9 Å². The van der Waals surface area contributed by atoms with Crippen molar-refractivity contribution in [2.24, 2.45) is 5.73 Å². The van der Waals surface area contributed by atoms with Crippen LogP contribution in [0.25, 0.3) is 0 Å². The minimum Gasteiger partial charge on any atom is -0.462 e. The van der Waals surface area contributed by atoms with E-state index in [9.17, 15) is 24.5 Å². The number of nitrogens with zero attached hydrogens (tertiary/aromatic N) is 3. The topological polar surface area (TPSA) is 159 Å². The molecule has 0 aliphatic rings. The van der Waals surface area contributed by atoms with Crippen molar-refractivity contribution >= 4 is 29.2 Å². The Morgan fingerprint density at radius 2 is 1.96 bits per heavy atom. The molecule has 1 aromatic heterocycles. The first-order chi connectivity index (χ1) is 12.3. The number of primary amides is 1. The molecule has 0 fully saturated rings. The summed E-state index contributed by atoms with van der Waals surface area (Å²) >= 11 is 0. The molecule has 0 saturated heterocycles. The van der Waals surface area contributed by atoms with Gasteiger partial charge in [-0.25, -0.2) is 4.79 Å². The van der Waals surface area contributed by atoms with Crippen LogP contribution in [0.3, 0.4) is 0 Å². The Labute approximate surface area is 146 Å². The quantitative estimate of drug-likeness (QED) is 0.417. The number of carbonyl (C=O) groups excluding carboxylic acids is 3. The van der Waals surface area contributed by atoms with Crippen LogP contribution < -0.4 is 11.1 Å². The molecular weight excluding hydrogens is 346 g/mol. The number of nitrogens with two attached hydrogens (primary N) is 1. The van der Waals surface area contributed by atoms with Gasteiger partial charge >= 0.3 is 11.7 Å². The molecule has 1 aromatic carbocycles. The third-order valence-corrected chi connectivity index (χ3v) is 3.16. The van der Waals surface area contributed by atoms with Gasteiger partial charge in [-0.05, 0) is 31.2 Å². The summed E-state index contributed by atoms with van der Waals surface area (Å²) in [6, 6.07) is 5.98. The third-order valence-electron chi connectivity index (χ3n) is 3.16. The maximum absolute atomic E-state index is 12.0. The molecule has 2 rings (SSSR count). The van der Waals surface area contributed by atoms with Crippen molar-refractivity contribution in [2.75, 3.05) is 11.9 Å². The van der Waals surface area contributed by atoms with Gasteiger partial charge in [0.25, 0.3) is 5.91 Å². The fraction of sp³-hybridized carbons (Fsp3) is 0.200. The number of nitro groups is 1. The lowest BCUT2D eigenvalue weighted by Crippen LogP contribution is -2.20. The lowest BCUT2D eigenvalue weighted by molar-refractivity contribution is -0.385. The second kappa shape index (κ2) is 7.88. The van der Waals surface area contributed by atoms with E-state index in [0.29, 0.717) is 11.3 Å². The van der Waals surface area contributed by atoms with E-state index in [2.05, 4.69) is 10.4 Å². The van der Waals surface area contributed by atoms with Crippen molar-refractivity contribution in [3.05, 3.63) is 51.8 Å². The van der Waals surface area contributed by atoms with Gasteiger partial charge in [-0.1, -0.05) is 0 Å². The molecule has 2 aromatic rings. The summed E-state index contributed by atoms with van der Waals surface area (Å²) in [5.41, 5.74) is 4.65. The third kappa shape index (κ3) is 4.41. The number of rotatable bonds is 7. The molecular formula is C15H15N5O6. The summed E-state index contributed by atoms with van der Waals surface area (Å²) in [5.74, 6) is -2.08. The van der Waals surface area contributed by atoms with E-state index < -0.39 is 34.1 Å². The number of esters is 1. The van der Waals surface area contributed by atoms with Crippen LogP contribution in [0.2, 0.25) is 0 Å². The minimum absolute atomic E-state index is 0.251. The van der Waals surface area contributed by atoms with Crippen LogP contribution in [0.1, 0.15) is 27.8 Å². The summed E-state index contributed by atoms with van der Waals surface area (Å²) < 4.78 is 5.79. The van der Waals surface area contributed by atoms with Crippen LogP contribution in [-0.2, 0) is 16.1 Å². The SMILES string of the molecule is CCOC(=O)c1ccc(NC(=O)Cn2cc([N+](=O)[O-])c(C(N)=O)n2)cc1. The molecule has 0 radical (unpaired) electrons. The smallest absolute Gasteiger partial charge is 0.338 e. The highest BCUT2D eigenvalue weighted by Gasteiger charge is 2.24. The first-order valence-corrected chi connectivity index (χ1v) is 7.40. The van der Waals surface area contributed by atoms with Crippen LogP contribution in [0.5, 0.6) is 0 Å². The number of anilines is 1. The molecule has 0 spiro atoms. The zero-order valence-corrected chi connectivity index (χ0v) is 13.7. The van der Waals surface area contributed by atoms with Gasteiger partial charge in [0, 0.05) is 5.69 Å². The highest BCUT2D eigenvalue weighted by atomic mass is 16.6. The summed E-state index contributed by atoms with van der Waals surface area (Å²) in [6.45, 7) is 1.57. The molecule has 0 saturated carbocycles. The molecule has 0 bridgehead atoms. The van der Waals surface area contributed by atoms with E-state index in [1.54, 1.807) is 6.92 Å². The molecule has 1 heterocycles. The van der Waals surface area contributed by atoms with Crippen molar-refractivity contribution in [1.82, 2.24) is 9.78 Å². The largest absolute Gasteiger partial charge is 0.462 e. The van der Waals surface area contributed by atoms with Gasteiger partial charge in [-0.2, -0.15) is 5.10 Å². The second-order valence-electron chi connectivity index (χ2n) is 5.03. The lowest BCUT2D eigenvalue weighted by atomic mass is 10.2. The molecule has 11 heteroatoms. The fourth-order valence-corrected chi connectivity index (χ4v) is 2.05. The first kappa shape index (κ1) is 18.6. The van der Waals surface area contributed by atoms with E-state index in [1.165, 1.54) is 24.3 Å². The molecule has 11 nitrogen and oxygen atoms in total. The number of ether oxygens (including phenoxy) is 1. The molecule has 0 aliphatic carbocycles. The number of benzene rings is 1. The number of hydrogen-bond acceptors (Lipinski definition) is 7. The zero-order valence-electron chi connectivity index (χ0n) is 13.7. The lowest BCUT2D eigenvalue weighted by Gasteiger charge is -2.06. The van der Waals surface area contributed by atoms with E-state index >= 15 is 0 Å². The monoisotopic (exact) mass is 361 g/mol. The molecule has 0 atom stereocenters. The number of hydrogen-bond donors (Lipinski definition) is 2. The van der Waals surface area contributed by atoms with E-state index in [1.807, 2.05) is 0 Å². The molecule has 26 heavy (non-hydrogen) atoms. The Kier molecular flexibility index (Phi) is 5.63. The Morgan fingerprint density at radius 1 is 1.31 bits per heavy atom. The first-order valence-electron chi connectivity index (χ1n) is 7.40. The highest BCUT2D eigenvalue weighted by molar-refractivity contribution is 5.95. The van der Waals surface area contributed by atoms with Gasteiger partial charge in [0.05, 0.1) is 17.1 Å². The van der Waals surface area contributed by atoms with Gasteiger partial charge in [0.2, 0.25) is 11.6 Å². The Balaban J connectivity index is 2.05. The predicted molar refractivity (Wildman–Crippen MR) is 88.4 cm³/mol. The van der Waals surface area contributed by atoms with Crippen LogP contribution in [0.4, 0.5) is 11.4 Å². The van der Waals surface area contributed by atoms with Crippen LogP contribution in [0, 0.1) is 10.1 Å². The standard InChI is InChI=1S/C15H15N5O6/c1-2-26-15(23)9-3-5-10(6-4-9)17-12(21)8-19-7-11(20(24)25)13(18-19)14(16)22/h3-7H,2,8H2,1H3,(H2,16,22)(H,17,21). The van der Waals surface area contributed by atoms with Crippen LogP contribution >= 0.6 is 0 Å². The van der Waals surface area contributed by atoms with Gasteiger partial charge in [-0.15, -0.1) is 0 Å². The fourth-order valence-electron chi connectivity index (χ4n) is 2.05. The van der Waals surface area contributed by atoms with Crippen molar-refractivity contribution in [3.63, 3.8) is 0 Å². The Bertz CT molecular complexity index is 826. The highest BCUT2D eigenvalue weighted by Crippen LogP contribution is 2.16. The summed E-state index contributed by atoms with van der Waals surface area (Å²) in [5, 5.41) is 17.0. The molecule has 0 aliphatic heterocycles. The molecule has 136 valence electrons.